The lowest BCUT2D eigenvalue weighted by Gasteiger charge is -2.19. The molecule has 4 atom stereocenters. The molecule has 26 heavy (non-hydrogen) atoms. The summed E-state index contributed by atoms with van der Waals surface area (Å²) in [5, 5.41) is 15.1. The predicted molar refractivity (Wildman–Crippen MR) is 94.6 cm³/mol. The van der Waals surface area contributed by atoms with E-state index in [-0.39, 0.29) is 4.92 Å². The van der Waals surface area contributed by atoms with Crippen molar-refractivity contribution in [3.05, 3.63) is 75.8 Å². The molecule has 1 N–H and O–H groups in total. The molecule has 7 heteroatoms. The van der Waals surface area contributed by atoms with Gasteiger partial charge in [0, 0.05) is 4.92 Å². The second-order valence-corrected chi connectivity index (χ2v) is 6.13. The molecule has 0 radical (unpaired) electrons. The number of ether oxygens (including phenoxy) is 2. The van der Waals surface area contributed by atoms with E-state index in [1.54, 1.807) is 55.6 Å². The van der Waals surface area contributed by atoms with E-state index in [1.165, 1.54) is 7.11 Å². The fraction of sp³-hybridized carbons (Fsp3) is 0.316. The van der Waals surface area contributed by atoms with Gasteiger partial charge in [-0.25, -0.2) is 0 Å². The molecule has 2 aromatic carbocycles. The van der Waals surface area contributed by atoms with E-state index in [4.69, 9.17) is 9.47 Å². The van der Waals surface area contributed by atoms with E-state index in [0.717, 1.165) is 11.1 Å². The van der Waals surface area contributed by atoms with E-state index in [0.29, 0.717) is 5.75 Å². The van der Waals surface area contributed by atoms with Crippen molar-refractivity contribution in [2.24, 2.45) is 0 Å². The zero-order valence-corrected chi connectivity index (χ0v) is 14.5. The van der Waals surface area contributed by atoms with Crippen LogP contribution in [-0.4, -0.2) is 37.2 Å². The average molecular weight is 356 g/mol. The van der Waals surface area contributed by atoms with Crippen LogP contribution in [0.4, 0.5) is 0 Å². The number of hydrogen-bond acceptors (Lipinski definition) is 6. The quantitative estimate of drug-likeness (QED) is 0.502. The Morgan fingerprint density at radius 1 is 1.04 bits per heavy atom. The third-order valence-electron chi connectivity index (χ3n) is 4.79. The lowest BCUT2D eigenvalue weighted by atomic mass is 9.85. The number of hydrogen-bond donors (Lipinski definition) is 1. The van der Waals surface area contributed by atoms with Gasteiger partial charge in [0.05, 0.1) is 20.1 Å². The molecular formula is C19H20N2O5. The van der Waals surface area contributed by atoms with E-state index in [2.05, 4.69) is 5.32 Å². The molecule has 7 nitrogen and oxygen atoms in total. The highest BCUT2D eigenvalue weighted by molar-refractivity contribution is 5.78. The maximum atomic E-state index is 12.3. The van der Waals surface area contributed by atoms with Gasteiger partial charge in [-0.05, 0) is 23.3 Å². The number of nitro groups is 1. The number of carbonyl (C=O) groups is 1. The first-order chi connectivity index (χ1) is 12.6. The first-order valence-corrected chi connectivity index (χ1v) is 8.23. The Balaban J connectivity index is 2.04. The number of nitrogens with zero attached hydrogens (tertiary/aromatic N) is 1. The lowest BCUT2D eigenvalue weighted by molar-refractivity contribution is -0.527. The van der Waals surface area contributed by atoms with Crippen molar-refractivity contribution in [3.63, 3.8) is 0 Å². The van der Waals surface area contributed by atoms with Crippen LogP contribution < -0.4 is 10.1 Å². The van der Waals surface area contributed by atoms with Crippen LogP contribution in [0.1, 0.15) is 23.1 Å². The zero-order chi connectivity index (χ0) is 18.7. The van der Waals surface area contributed by atoms with Crippen molar-refractivity contribution in [3.8, 4) is 5.75 Å². The number of carbonyl (C=O) groups excluding carboxylic acids is 1. The first kappa shape index (κ1) is 17.9. The minimum absolute atomic E-state index is 0.317. The summed E-state index contributed by atoms with van der Waals surface area (Å²) in [5.74, 6) is -0.485. The monoisotopic (exact) mass is 356 g/mol. The smallest absolute Gasteiger partial charge is 0.323 e. The maximum absolute atomic E-state index is 12.3. The van der Waals surface area contributed by atoms with Crippen LogP contribution in [0.15, 0.2) is 54.6 Å². The number of esters is 1. The van der Waals surface area contributed by atoms with E-state index in [9.17, 15) is 14.9 Å². The molecule has 1 aliphatic rings. The molecule has 0 amide bonds. The van der Waals surface area contributed by atoms with Crippen LogP contribution in [0.5, 0.6) is 5.75 Å². The lowest BCUT2D eigenvalue weighted by Crippen LogP contribution is -2.37. The van der Waals surface area contributed by atoms with Gasteiger partial charge < -0.3 is 9.47 Å². The van der Waals surface area contributed by atoms with Gasteiger partial charge in [0.25, 0.3) is 0 Å². The van der Waals surface area contributed by atoms with Crippen molar-refractivity contribution in [1.29, 1.82) is 0 Å². The van der Waals surface area contributed by atoms with Crippen LogP contribution in [0.2, 0.25) is 0 Å². The Hall–Kier alpha value is -2.93. The van der Waals surface area contributed by atoms with E-state index < -0.39 is 30.0 Å². The summed E-state index contributed by atoms with van der Waals surface area (Å²) in [6.07, 6.45) is 0. The van der Waals surface area contributed by atoms with Crippen molar-refractivity contribution >= 4 is 5.97 Å². The second kappa shape index (κ2) is 7.53. The molecule has 0 saturated carbocycles. The molecule has 0 aromatic heterocycles. The molecule has 0 spiro atoms. The number of nitrogens with one attached hydrogen (secondary N) is 1. The van der Waals surface area contributed by atoms with E-state index in [1.807, 2.05) is 6.07 Å². The predicted octanol–water partition coefficient (Wildman–Crippen LogP) is 2.31. The van der Waals surface area contributed by atoms with Crippen LogP contribution in [0, 0.1) is 10.1 Å². The molecule has 3 rings (SSSR count). The summed E-state index contributed by atoms with van der Waals surface area (Å²) >= 11 is 0. The van der Waals surface area contributed by atoms with E-state index >= 15 is 0 Å². The molecule has 0 unspecified atom stereocenters. The number of rotatable bonds is 5. The molecule has 0 aliphatic carbocycles. The minimum Gasteiger partial charge on any atom is -0.497 e. The van der Waals surface area contributed by atoms with Crippen molar-refractivity contribution in [2.75, 3.05) is 14.2 Å². The Bertz CT molecular complexity index is 778. The largest absolute Gasteiger partial charge is 0.497 e. The topological polar surface area (TPSA) is 90.7 Å². The zero-order valence-electron chi connectivity index (χ0n) is 14.5. The average Bonchev–Trinajstić information content (AvgIpc) is 3.09. The van der Waals surface area contributed by atoms with Gasteiger partial charge in [-0.3, -0.25) is 20.2 Å². The highest BCUT2D eigenvalue weighted by atomic mass is 16.6. The van der Waals surface area contributed by atoms with Crippen LogP contribution >= 0.6 is 0 Å². The molecule has 1 aliphatic heterocycles. The fourth-order valence-corrected chi connectivity index (χ4v) is 3.56. The normalized spacial score (nSPS) is 24.8. The Morgan fingerprint density at radius 3 is 2.23 bits per heavy atom. The van der Waals surface area contributed by atoms with Gasteiger partial charge in [-0.2, -0.15) is 0 Å². The summed E-state index contributed by atoms with van der Waals surface area (Å²) in [7, 11) is 2.84. The Morgan fingerprint density at radius 2 is 1.69 bits per heavy atom. The third-order valence-corrected chi connectivity index (χ3v) is 4.79. The van der Waals surface area contributed by atoms with Crippen LogP contribution in [-0.2, 0) is 9.53 Å². The van der Waals surface area contributed by atoms with Gasteiger partial charge in [0.15, 0.2) is 0 Å². The van der Waals surface area contributed by atoms with Crippen molar-refractivity contribution in [1.82, 2.24) is 5.32 Å². The number of benzene rings is 2. The van der Waals surface area contributed by atoms with Gasteiger partial charge in [0.2, 0.25) is 6.04 Å². The molecule has 0 bridgehead atoms. The molecule has 136 valence electrons. The summed E-state index contributed by atoms with van der Waals surface area (Å²) in [6, 6.07) is 13.7. The van der Waals surface area contributed by atoms with Gasteiger partial charge >= 0.3 is 5.97 Å². The summed E-state index contributed by atoms with van der Waals surface area (Å²) < 4.78 is 10.0. The standard InChI is InChI=1S/C19H20N2O5/c1-25-14-10-8-13(9-11-14)16-18(21(23)24)15(12-6-4-3-5-7-12)17(20-16)19(22)26-2/h3-11,15-18,20H,1-2H3/t15-,16+,17+,18+/m1/s1. The van der Waals surface area contributed by atoms with Crippen molar-refractivity contribution in [2.45, 2.75) is 24.0 Å². The Kier molecular flexibility index (Phi) is 5.18. The summed E-state index contributed by atoms with van der Waals surface area (Å²) in [5.41, 5.74) is 1.45. The highest BCUT2D eigenvalue weighted by Gasteiger charge is 2.54. The van der Waals surface area contributed by atoms with Gasteiger partial charge in [-0.15, -0.1) is 0 Å². The van der Waals surface area contributed by atoms with Gasteiger partial charge in [0.1, 0.15) is 17.8 Å². The first-order valence-electron chi connectivity index (χ1n) is 8.23. The maximum Gasteiger partial charge on any atom is 0.323 e. The third kappa shape index (κ3) is 3.25. The summed E-state index contributed by atoms with van der Waals surface area (Å²) in [6.45, 7) is 0. The molecule has 1 heterocycles. The summed E-state index contributed by atoms with van der Waals surface area (Å²) in [4.78, 5) is 23.9. The fourth-order valence-electron chi connectivity index (χ4n) is 3.56. The molecular weight excluding hydrogens is 336 g/mol. The highest BCUT2D eigenvalue weighted by Crippen LogP contribution is 2.40. The molecule has 1 saturated heterocycles. The molecule has 1 fully saturated rings. The van der Waals surface area contributed by atoms with Crippen LogP contribution in [0.25, 0.3) is 0 Å². The minimum atomic E-state index is -1.00. The number of methoxy groups -OCH3 is 2. The van der Waals surface area contributed by atoms with Gasteiger partial charge in [-0.1, -0.05) is 42.5 Å². The Labute approximate surface area is 151 Å². The SMILES string of the molecule is COC(=O)[C@H]1N[C@@H](c2ccc(OC)cc2)[C@@H]([N+](=O)[O-])[C@@H]1c1ccccc1. The molecule has 2 aromatic rings. The van der Waals surface area contributed by atoms with Crippen LogP contribution in [0.3, 0.4) is 0 Å². The van der Waals surface area contributed by atoms with Crippen molar-refractivity contribution < 1.29 is 19.2 Å². The second-order valence-electron chi connectivity index (χ2n) is 6.13.